The van der Waals surface area contributed by atoms with E-state index in [1.165, 1.54) is 12.1 Å². The number of amides is 1. The van der Waals surface area contributed by atoms with Crippen LogP contribution in [0, 0.1) is 0 Å². The predicted molar refractivity (Wildman–Crippen MR) is 90.6 cm³/mol. The molecule has 1 atom stereocenters. The molecule has 2 aromatic carbocycles. The van der Waals surface area contributed by atoms with Crippen molar-refractivity contribution in [1.82, 2.24) is 0 Å². The smallest absolute Gasteiger partial charge is 0.387 e. The molecule has 2 N–H and O–H groups in total. The zero-order chi connectivity index (χ0) is 17.5. The van der Waals surface area contributed by atoms with E-state index in [0.717, 1.165) is 17.7 Å². The number of nitrogens with one attached hydrogen (secondary N) is 2. The first-order valence-electron chi connectivity index (χ1n) is 7.69. The standard InChI is InChI=1S/C18H20F2N2O2/c1-3-13-7-6-8-14(11-13)21-12(2)17(23)22-15-9-4-5-10-16(15)24-18(19)20/h4-12,18,21H,3H2,1-2H3,(H,22,23). The number of anilines is 2. The molecule has 2 aromatic rings. The largest absolute Gasteiger partial charge is 0.433 e. The Balaban J connectivity index is 2.04. The van der Waals surface area contributed by atoms with Gasteiger partial charge in [-0.1, -0.05) is 31.2 Å². The lowest BCUT2D eigenvalue weighted by Gasteiger charge is -2.17. The van der Waals surface area contributed by atoms with Gasteiger partial charge >= 0.3 is 6.61 Å². The number of carbonyl (C=O) groups is 1. The molecular weight excluding hydrogens is 314 g/mol. The summed E-state index contributed by atoms with van der Waals surface area (Å²) in [6, 6.07) is 13.3. The van der Waals surface area contributed by atoms with Gasteiger partial charge in [0.15, 0.2) is 0 Å². The first-order valence-corrected chi connectivity index (χ1v) is 7.69. The number of hydrogen-bond acceptors (Lipinski definition) is 3. The summed E-state index contributed by atoms with van der Waals surface area (Å²) >= 11 is 0. The Morgan fingerprint density at radius 1 is 1.17 bits per heavy atom. The van der Waals surface area contributed by atoms with Gasteiger partial charge < -0.3 is 15.4 Å². The highest BCUT2D eigenvalue weighted by atomic mass is 19.3. The van der Waals surface area contributed by atoms with Crippen LogP contribution in [0.15, 0.2) is 48.5 Å². The average Bonchev–Trinajstić information content (AvgIpc) is 2.56. The van der Waals surface area contributed by atoms with E-state index in [2.05, 4.69) is 22.3 Å². The highest BCUT2D eigenvalue weighted by molar-refractivity contribution is 5.97. The van der Waals surface area contributed by atoms with Crippen molar-refractivity contribution < 1.29 is 18.3 Å². The summed E-state index contributed by atoms with van der Waals surface area (Å²) in [6.07, 6.45) is 0.897. The van der Waals surface area contributed by atoms with Crippen molar-refractivity contribution in [1.29, 1.82) is 0 Å². The summed E-state index contributed by atoms with van der Waals surface area (Å²) in [7, 11) is 0. The van der Waals surface area contributed by atoms with E-state index in [1.54, 1.807) is 19.1 Å². The minimum Gasteiger partial charge on any atom is -0.433 e. The molecule has 0 spiro atoms. The van der Waals surface area contributed by atoms with Crippen LogP contribution in [0.5, 0.6) is 5.75 Å². The van der Waals surface area contributed by atoms with Crippen LogP contribution >= 0.6 is 0 Å². The van der Waals surface area contributed by atoms with Crippen molar-refractivity contribution in [2.24, 2.45) is 0 Å². The second-order valence-corrected chi connectivity index (χ2v) is 5.28. The van der Waals surface area contributed by atoms with E-state index in [4.69, 9.17) is 0 Å². The summed E-state index contributed by atoms with van der Waals surface area (Å²) in [5.41, 5.74) is 2.19. The van der Waals surface area contributed by atoms with Gasteiger partial charge in [0.1, 0.15) is 11.8 Å². The molecule has 6 heteroatoms. The number of ether oxygens (including phenoxy) is 1. The van der Waals surface area contributed by atoms with Crippen LogP contribution in [0.4, 0.5) is 20.2 Å². The van der Waals surface area contributed by atoms with Crippen molar-refractivity contribution in [2.45, 2.75) is 32.9 Å². The van der Waals surface area contributed by atoms with E-state index in [0.29, 0.717) is 0 Å². The highest BCUT2D eigenvalue weighted by Gasteiger charge is 2.16. The van der Waals surface area contributed by atoms with Gasteiger partial charge in [-0.05, 0) is 43.2 Å². The molecule has 2 rings (SSSR count). The van der Waals surface area contributed by atoms with Crippen LogP contribution in [0.2, 0.25) is 0 Å². The van der Waals surface area contributed by atoms with Gasteiger partial charge in [0.25, 0.3) is 0 Å². The maximum Gasteiger partial charge on any atom is 0.387 e. The number of carbonyl (C=O) groups excluding carboxylic acids is 1. The summed E-state index contributed by atoms with van der Waals surface area (Å²) in [5.74, 6) is -0.414. The monoisotopic (exact) mass is 334 g/mol. The Morgan fingerprint density at radius 3 is 2.62 bits per heavy atom. The lowest BCUT2D eigenvalue weighted by Crippen LogP contribution is -2.32. The molecule has 0 aliphatic rings. The number of aryl methyl sites for hydroxylation is 1. The molecule has 0 saturated carbocycles. The fourth-order valence-corrected chi connectivity index (χ4v) is 2.21. The van der Waals surface area contributed by atoms with Crippen molar-refractivity contribution in [3.8, 4) is 5.75 Å². The Labute approximate surface area is 139 Å². The molecule has 1 amide bonds. The van der Waals surface area contributed by atoms with Gasteiger partial charge in [-0.25, -0.2) is 0 Å². The lowest BCUT2D eigenvalue weighted by atomic mass is 10.1. The van der Waals surface area contributed by atoms with Crippen molar-refractivity contribution in [3.05, 3.63) is 54.1 Å². The average molecular weight is 334 g/mol. The number of halogens is 2. The molecule has 0 fully saturated rings. The number of rotatable bonds is 7. The Bertz CT molecular complexity index is 692. The topological polar surface area (TPSA) is 50.4 Å². The number of alkyl halides is 2. The van der Waals surface area contributed by atoms with Gasteiger partial charge in [0.05, 0.1) is 5.69 Å². The van der Waals surface area contributed by atoms with Crippen LogP contribution in [0.3, 0.4) is 0 Å². The van der Waals surface area contributed by atoms with Crippen molar-refractivity contribution in [3.63, 3.8) is 0 Å². The molecular formula is C18H20F2N2O2. The fraction of sp³-hybridized carbons (Fsp3) is 0.278. The number of para-hydroxylation sites is 2. The van der Waals surface area contributed by atoms with Gasteiger partial charge in [-0.15, -0.1) is 0 Å². The SMILES string of the molecule is CCc1cccc(NC(C)C(=O)Nc2ccccc2OC(F)F)c1. The van der Waals surface area contributed by atoms with Crippen molar-refractivity contribution >= 4 is 17.3 Å². The summed E-state index contributed by atoms with van der Waals surface area (Å²) in [5, 5.41) is 5.70. The Kier molecular flexibility index (Phi) is 6.12. The highest BCUT2D eigenvalue weighted by Crippen LogP contribution is 2.25. The second kappa shape index (κ2) is 8.29. The minimum absolute atomic E-state index is 0.0685. The summed E-state index contributed by atoms with van der Waals surface area (Å²) < 4.78 is 29.2. The third kappa shape index (κ3) is 4.94. The summed E-state index contributed by atoms with van der Waals surface area (Å²) in [6.45, 7) is 0.801. The maximum absolute atomic E-state index is 12.4. The Morgan fingerprint density at radius 2 is 1.92 bits per heavy atom. The van der Waals surface area contributed by atoms with E-state index in [-0.39, 0.29) is 17.3 Å². The predicted octanol–water partition coefficient (Wildman–Crippen LogP) is 4.29. The quantitative estimate of drug-likeness (QED) is 0.794. The molecule has 0 aromatic heterocycles. The minimum atomic E-state index is -2.95. The van der Waals surface area contributed by atoms with Crippen LogP contribution < -0.4 is 15.4 Å². The zero-order valence-corrected chi connectivity index (χ0v) is 13.6. The Hall–Kier alpha value is -2.63. The van der Waals surface area contributed by atoms with Gasteiger partial charge in [0, 0.05) is 5.69 Å². The van der Waals surface area contributed by atoms with Crippen LogP contribution in [0.1, 0.15) is 19.4 Å². The molecule has 0 bridgehead atoms. The number of benzene rings is 2. The molecule has 128 valence electrons. The zero-order valence-electron chi connectivity index (χ0n) is 13.6. The molecule has 4 nitrogen and oxygen atoms in total. The number of hydrogen-bond donors (Lipinski definition) is 2. The maximum atomic E-state index is 12.4. The normalized spacial score (nSPS) is 11.9. The molecule has 0 aliphatic heterocycles. The van der Waals surface area contributed by atoms with E-state index < -0.39 is 12.7 Å². The van der Waals surface area contributed by atoms with Gasteiger partial charge in [0.2, 0.25) is 5.91 Å². The molecule has 0 saturated heterocycles. The molecule has 1 unspecified atom stereocenters. The van der Waals surface area contributed by atoms with E-state index in [1.807, 2.05) is 24.3 Å². The second-order valence-electron chi connectivity index (χ2n) is 5.28. The van der Waals surface area contributed by atoms with Crippen LogP contribution in [-0.4, -0.2) is 18.6 Å². The third-order valence-corrected chi connectivity index (χ3v) is 3.47. The third-order valence-electron chi connectivity index (χ3n) is 3.47. The molecule has 24 heavy (non-hydrogen) atoms. The molecule has 0 aliphatic carbocycles. The van der Waals surface area contributed by atoms with Crippen molar-refractivity contribution in [2.75, 3.05) is 10.6 Å². The fourth-order valence-electron chi connectivity index (χ4n) is 2.21. The van der Waals surface area contributed by atoms with Crippen LogP contribution in [-0.2, 0) is 11.2 Å². The summed E-state index contributed by atoms with van der Waals surface area (Å²) in [4.78, 5) is 12.3. The first kappa shape index (κ1) is 17.7. The van der Waals surface area contributed by atoms with E-state index >= 15 is 0 Å². The first-order chi connectivity index (χ1) is 11.5. The lowest BCUT2D eigenvalue weighted by molar-refractivity contribution is -0.116. The van der Waals surface area contributed by atoms with Gasteiger partial charge in [-0.2, -0.15) is 8.78 Å². The molecule has 0 radical (unpaired) electrons. The van der Waals surface area contributed by atoms with Gasteiger partial charge in [-0.3, -0.25) is 4.79 Å². The molecule has 0 heterocycles. The van der Waals surface area contributed by atoms with E-state index in [9.17, 15) is 13.6 Å². The van der Waals surface area contributed by atoms with Crippen LogP contribution in [0.25, 0.3) is 0 Å².